The average Bonchev–Trinajstić information content (AvgIpc) is 3.34. The molecule has 0 saturated carbocycles. The van der Waals surface area contributed by atoms with E-state index in [1.54, 1.807) is 49.3 Å². The summed E-state index contributed by atoms with van der Waals surface area (Å²) in [6.45, 7) is 11.5. The number of anilines is 2. The Hall–Kier alpha value is -4.00. The van der Waals surface area contributed by atoms with Gasteiger partial charge in [0.2, 0.25) is 0 Å². The van der Waals surface area contributed by atoms with Crippen molar-refractivity contribution in [3.8, 4) is 5.75 Å². The van der Waals surface area contributed by atoms with Gasteiger partial charge in [0, 0.05) is 50.2 Å². The molecule has 3 amide bonds. The number of urea groups is 1. The van der Waals surface area contributed by atoms with Crippen molar-refractivity contribution < 1.29 is 28.7 Å². The van der Waals surface area contributed by atoms with Crippen LogP contribution in [0.25, 0.3) is 0 Å². The van der Waals surface area contributed by atoms with Crippen LogP contribution in [0.2, 0.25) is 0 Å². The van der Waals surface area contributed by atoms with E-state index in [4.69, 9.17) is 14.0 Å². The summed E-state index contributed by atoms with van der Waals surface area (Å²) in [5.41, 5.74) is 2.93. The number of aliphatic hydroxyl groups excluding tert-OH is 1. The first-order valence-corrected chi connectivity index (χ1v) is 16.0. The number of aliphatic hydroxyl groups is 1. The first kappa shape index (κ1) is 34.9. The lowest BCUT2D eigenvalue weighted by atomic mass is 10.0. The van der Waals surface area contributed by atoms with Crippen LogP contribution >= 0.6 is 0 Å². The van der Waals surface area contributed by atoms with Gasteiger partial charge in [-0.3, -0.25) is 14.7 Å². The molecule has 1 aliphatic heterocycles. The normalized spacial score (nSPS) is 20.4. The molecule has 4 rings (SSSR count). The van der Waals surface area contributed by atoms with Gasteiger partial charge in [-0.05, 0) is 89.9 Å². The third-order valence-corrected chi connectivity index (χ3v) is 8.27. The number of carbonyl (C=O) groups excluding carboxylic acids is 2. The van der Waals surface area contributed by atoms with Gasteiger partial charge >= 0.3 is 6.03 Å². The zero-order chi connectivity index (χ0) is 33.2. The molecule has 3 N–H and O–H groups in total. The number of aryl methyl sites for hydroxylation is 2. The summed E-state index contributed by atoms with van der Waals surface area (Å²) in [4.78, 5) is 35.2. The average molecular weight is 637 g/mol. The number of hydrogen-bond donors (Lipinski definition) is 3. The monoisotopic (exact) mass is 636 g/mol. The second-order valence-electron chi connectivity index (χ2n) is 12.3. The molecule has 12 nitrogen and oxygen atoms in total. The van der Waals surface area contributed by atoms with Crippen LogP contribution in [0, 0.1) is 19.8 Å². The highest BCUT2D eigenvalue weighted by Gasteiger charge is 2.30. The number of benzene rings is 1. The number of amides is 3. The highest BCUT2D eigenvalue weighted by atomic mass is 16.5. The molecule has 0 fully saturated rings. The van der Waals surface area contributed by atoms with E-state index >= 15 is 0 Å². The third-order valence-electron chi connectivity index (χ3n) is 8.27. The fraction of sp³-hybridized carbons (Fsp3) is 0.529. The lowest BCUT2D eigenvalue weighted by Gasteiger charge is -2.36. The summed E-state index contributed by atoms with van der Waals surface area (Å²) in [6, 6.07) is 8.08. The molecule has 46 heavy (non-hydrogen) atoms. The van der Waals surface area contributed by atoms with Crippen molar-refractivity contribution in [1.82, 2.24) is 19.9 Å². The zero-order valence-electron chi connectivity index (χ0n) is 27.8. The SMILES string of the molecule is Cc1noc(C)c1NC(=O)Nc1ccc2c(c1)C(=O)N([C@@H](C)CO)C[C@@H](C)[C@H](CN(C)Cc1ccncc1)OCCCC[C@@H](C)O2. The maximum atomic E-state index is 14.3. The van der Waals surface area contributed by atoms with E-state index in [1.807, 2.05) is 26.0 Å². The highest BCUT2D eigenvalue weighted by Crippen LogP contribution is 2.29. The Morgan fingerprint density at radius 3 is 2.61 bits per heavy atom. The van der Waals surface area contributed by atoms with Crippen molar-refractivity contribution in [3.63, 3.8) is 0 Å². The van der Waals surface area contributed by atoms with Gasteiger partial charge < -0.3 is 34.6 Å². The van der Waals surface area contributed by atoms with Crippen molar-refractivity contribution in [1.29, 1.82) is 0 Å². The Morgan fingerprint density at radius 1 is 1.15 bits per heavy atom. The van der Waals surface area contributed by atoms with E-state index in [0.717, 1.165) is 31.4 Å². The molecule has 4 atom stereocenters. The molecule has 12 heteroatoms. The van der Waals surface area contributed by atoms with E-state index in [1.165, 1.54) is 0 Å². The number of carbonyl (C=O) groups is 2. The standard InChI is InChI=1S/C34H48N6O6/c1-22-18-40(23(2)21-41)33(42)29-17-28(36-34(43)37-32-25(4)38-46-26(32)5)10-11-30(29)45-24(3)9-7-8-16-44-31(22)20-39(6)19-27-12-14-35-15-13-27/h10-15,17,22-24,31,41H,7-9,16,18-21H2,1-6H3,(H2,36,37,43)/t22-,23+,24-,31+/m1/s1. The third kappa shape index (κ3) is 9.51. The number of fused-ring (bicyclic) bond motifs is 1. The van der Waals surface area contributed by atoms with E-state index in [9.17, 15) is 14.7 Å². The molecule has 0 radical (unpaired) electrons. The van der Waals surface area contributed by atoms with Crippen LogP contribution in [0.15, 0.2) is 47.2 Å². The predicted octanol–water partition coefficient (Wildman–Crippen LogP) is 5.26. The van der Waals surface area contributed by atoms with Crippen LogP contribution < -0.4 is 15.4 Å². The van der Waals surface area contributed by atoms with Gasteiger partial charge in [-0.25, -0.2) is 4.79 Å². The number of pyridine rings is 1. The van der Waals surface area contributed by atoms with Crippen molar-refractivity contribution in [2.45, 2.75) is 78.7 Å². The Kier molecular flexibility index (Phi) is 12.5. The van der Waals surface area contributed by atoms with Crippen LogP contribution in [0.3, 0.4) is 0 Å². The predicted molar refractivity (Wildman–Crippen MR) is 176 cm³/mol. The molecule has 0 unspecified atom stereocenters. The smallest absolute Gasteiger partial charge is 0.323 e. The summed E-state index contributed by atoms with van der Waals surface area (Å²) in [5.74, 6) is 0.569. The number of rotatable bonds is 8. The highest BCUT2D eigenvalue weighted by molar-refractivity contribution is 6.03. The lowest BCUT2D eigenvalue weighted by molar-refractivity contribution is -0.0177. The number of ether oxygens (including phenoxy) is 2. The van der Waals surface area contributed by atoms with Crippen LogP contribution in [-0.4, -0.2) is 88.6 Å². The largest absolute Gasteiger partial charge is 0.490 e. The Labute approximate surface area is 271 Å². The second kappa shape index (κ2) is 16.5. The Bertz CT molecular complexity index is 1410. The Balaban J connectivity index is 1.60. The minimum atomic E-state index is -0.498. The molecule has 0 bridgehead atoms. The minimum Gasteiger partial charge on any atom is -0.490 e. The van der Waals surface area contributed by atoms with Gasteiger partial charge in [-0.1, -0.05) is 12.1 Å². The van der Waals surface area contributed by atoms with Gasteiger partial charge in [-0.15, -0.1) is 0 Å². The zero-order valence-corrected chi connectivity index (χ0v) is 27.8. The summed E-state index contributed by atoms with van der Waals surface area (Å²) < 4.78 is 17.9. The second-order valence-corrected chi connectivity index (χ2v) is 12.3. The summed E-state index contributed by atoms with van der Waals surface area (Å²) in [7, 11) is 2.06. The Morgan fingerprint density at radius 2 is 1.91 bits per heavy atom. The van der Waals surface area contributed by atoms with Crippen LogP contribution in [0.1, 0.15) is 67.4 Å². The van der Waals surface area contributed by atoms with Crippen molar-refractivity contribution in [2.75, 3.05) is 44.0 Å². The van der Waals surface area contributed by atoms with Gasteiger partial charge in [0.05, 0.1) is 30.4 Å². The fourth-order valence-electron chi connectivity index (χ4n) is 5.57. The van der Waals surface area contributed by atoms with Gasteiger partial charge in [-0.2, -0.15) is 0 Å². The number of aromatic nitrogens is 2. The van der Waals surface area contributed by atoms with Gasteiger partial charge in [0.25, 0.3) is 5.91 Å². The topological polar surface area (TPSA) is 142 Å². The minimum absolute atomic E-state index is 0.0498. The number of nitrogens with zero attached hydrogens (tertiary/aromatic N) is 4. The van der Waals surface area contributed by atoms with Crippen molar-refractivity contribution in [3.05, 3.63) is 65.3 Å². The van der Waals surface area contributed by atoms with E-state index in [0.29, 0.717) is 53.8 Å². The van der Waals surface area contributed by atoms with Gasteiger partial charge in [0.15, 0.2) is 5.76 Å². The number of nitrogens with one attached hydrogen (secondary N) is 2. The van der Waals surface area contributed by atoms with Gasteiger partial charge in [0.1, 0.15) is 17.1 Å². The molecule has 1 aliphatic rings. The molecular weight excluding hydrogens is 588 g/mol. The summed E-state index contributed by atoms with van der Waals surface area (Å²) in [6.07, 6.45) is 5.86. The maximum absolute atomic E-state index is 14.3. The molecule has 2 aromatic heterocycles. The first-order chi connectivity index (χ1) is 22.0. The first-order valence-electron chi connectivity index (χ1n) is 16.0. The summed E-state index contributed by atoms with van der Waals surface area (Å²) >= 11 is 0. The quantitative estimate of drug-likeness (QED) is 0.302. The van der Waals surface area contributed by atoms with Crippen molar-refractivity contribution in [2.24, 2.45) is 5.92 Å². The number of likely N-dealkylation sites (N-methyl/N-ethyl adjacent to an activating group) is 1. The molecule has 0 saturated heterocycles. The lowest BCUT2D eigenvalue weighted by Crippen LogP contribution is -2.47. The van der Waals surface area contributed by atoms with Crippen LogP contribution in [-0.2, 0) is 11.3 Å². The molecule has 250 valence electrons. The van der Waals surface area contributed by atoms with E-state index < -0.39 is 12.1 Å². The van der Waals surface area contributed by atoms with Crippen molar-refractivity contribution >= 4 is 23.3 Å². The molecule has 3 aromatic rings. The molecule has 0 aliphatic carbocycles. The maximum Gasteiger partial charge on any atom is 0.323 e. The fourth-order valence-corrected chi connectivity index (χ4v) is 5.57. The molecule has 1 aromatic carbocycles. The van der Waals surface area contributed by atoms with Crippen LogP contribution in [0.4, 0.5) is 16.2 Å². The summed E-state index contributed by atoms with van der Waals surface area (Å²) in [5, 5.41) is 19.7. The molecular formula is C34H48N6O6. The molecule has 3 heterocycles. The van der Waals surface area contributed by atoms with E-state index in [-0.39, 0.29) is 30.6 Å². The van der Waals surface area contributed by atoms with Crippen LogP contribution in [0.5, 0.6) is 5.75 Å². The van der Waals surface area contributed by atoms with E-state index in [2.05, 4.69) is 39.6 Å². The number of hydrogen-bond acceptors (Lipinski definition) is 9. The molecule has 0 spiro atoms.